The molecular weight excluding hydrogens is 230 g/mol. The molecule has 0 radical (unpaired) electrons. The second-order valence-electron chi connectivity index (χ2n) is 5.04. The van der Waals surface area contributed by atoms with Gasteiger partial charge in [0.15, 0.2) is 0 Å². The molecule has 1 nitrogen and oxygen atoms in total. The van der Waals surface area contributed by atoms with Crippen LogP contribution in [-0.2, 0) is 12.8 Å². The van der Waals surface area contributed by atoms with E-state index in [4.69, 9.17) is 0 Å². The summed E-state index contributed by atoms with van der Waals surface area (Å²) in [5.74, 6) is 0. The van der Waals surface area contributed by atoms with Crippen LogP contribution in [-0.4, -0.2) is 4.57 Å². The Morgan fingerprint density at radius 1 is 0.684 bits per heavy atom. The van der Waals surface area contributed by atoms with E-state index in [1.165, 1.54) is 28.1 Å². The van der Waals surface area contributed by atoms with Crippen LogP contribution in [0.1, 0.15) is 11.3 Å². The van der Waals surface area contributed by atoms with Crippen molar-refractivity contribution in [1.29, 1.82) is 0 Å². The second-order valence-corrected chi connectivity index (χ2v) is 5.04. The van der Waals surface area contributed by atoms with Gasteiger partial charge in [0.25, 0.3) is 0 Å². The Hall–Kier alpha value is -2.28. The van der Waals surface area contributed by atoms with E-state index in [0.29, 0.717) is 0 Å². The van der Waals surface area contributed by atoms with Gasteiger partial charge in [0.1, 0.15) is 0 Å². The predicted molar refractivity (Wildman–Crippen MR) is 78.6 cm³/mol. The van der Waals surface area contributed by atoms with Crippen LogP contribution in [0.5, 0.6) is 0 Å². The molecule has 92 valence electrons. The number of benzene rings is 2. The summed E-state index contributed by atoms with van der Waals surface area (Å²) < 4.78 is 2.32. The summed E-state index contributed by atoms with van der Waals surface area (Å²) in [5, 5.41) is 0. The quantitative estimate of drug-likeness (QED) is 0.604. The van der Waals surface area contributed by atoms with Gasteiger partial charge in [-0.25, -0.2) is 0 Å². The van der Waals surface area contributed by atoms with E-state index in [1.807, 2.05) is 0 Å². The van der Waals surface area contributed by atoms with Crippen molar-refractivity contribution in [3.8, 4) is 16.8 Å². The maximum absolute atomic E-state index is 2.32. The Kier molecular flexibility index (Phi) is 2.31. The zero-order valence-corrected chi connectivity index (χ0v) is 10.7. The molecule has 0 fully saturated rings. The number of hydrogen-bond acceptors (Lipinski definition) is 0. The molecule has 1 heterocycles. The lowest BCUT2D eigenvalue weighted by Gasteiger charge is -2.19. The highest BCUT2D eigenvalue weighted by Crippen LogP contribution is 2.35. The number of hydrogen-bond donors (Lipinski definition) is 0. The molecule has 0 bridgehead atoms. The van der Waals surface area contributed by atoms with Crippen molar-refractivity contribution >= 4 is 0 Å². The lowest BCUT2D eigenvalue weighted by atomic mass is 9.90. The largest absolute Gasteiger partial charge is 0.320 e. The van der Waals surface area contributed by atoms with Gasteiger partial charge in [-0.1, -0.05) is 42.5 Å². The highest BCUT2D eigenvalue weighted by molar-refractivity contribution is 5.73. The molecule has 0 unspecified atom stereocenters. The fraction of sp³-hybridized carbons (Fsp3) is 0.111. The summed E-state index contributed by atoms with van der Waals surface area (Å²) in [7, 11) is 0. The van der Waals surface area contributed by atoms with E-state index in [2.05, 4.69) is 71.4 Å². The summed E-state index contributed by atoms with van der Waals surface area (Å²) in [6.07, 6.45) is 4.45. The van der Waals surface area contributed by atoms with Crippen LogP contribution >= 0.6 is 0 Å². The first kappa shape index (κ1) is 10.6. The zero-order chi connectivity index (χ0) is 12.7. The van der Waals surface area contributed by atoms with E-state index in [9.17, 15) is 0 Å². The Balaban J connectivity index is 1.91. The first-order valence-electron chi connectivity index (χ1n) is 6.77. The summed E-state index contributed by atoms with van der Waals surface area (Å²) in [5.41, 5.74) is 6.96. The van der Waals surface area contributed by atoms with Crippen molar-refractivity contribution in [2.75, 3.05) is 0 Å². The first-order chi connectivity index (χ1) is 9.43. The summed E-state index contributed by atoms with van der Waals surface area (Å²) in [6.45, 7) is 0. The number of fused-ring (bicyclic) bond motifs is 3. The van der Waals surface area contributed by atoms with E-state index in [1.54, 1.807) is 0 Å². The summed E-state index contributed by atoms with van der Waals surface area (Å²) in [6, 6.07) is 21.6. The topological polar surface area (TPSA) is 4.93 Å². The van der Waals surface area contributed by atoms with Gasteiger partial charge < -0.3 is 4.57 Å². The fourth-order valence-electron chi connectivity index (χ4n) is 3.05. The SMILES string of the molecule is c1ccc(-n2ccc3c2CCc2ccccc2-3)cc1. The Bertz CT molecular complexity index is 709. The molecule has 0 atom stereocenters. The number of para-hydroxylation sites is 1. The van der Waals surface area contributed by atoms with E-state index < -0.39 is 0 Å². The van der Waals surface area contributed by atoms with E-state index >= 15 is 0 Å². The van der Waals surface area contributed by atoms with Crippen molar-refractivity contribution in [2.24, 2.45) is 0 Å². The molecule has 1 aromatic heterocycles. The molecule has 0 saturated carbocycles. The smallest absolute Gasteiger partial charge is 0.0452 e. The second kappa shape index (κ2) is 4.13. The van der Waals surface area contributed by atoms with Gasteiger partial charge >= 0.3 is 0 Å². The minimum Gasteiger partial charge on any atom is -0.320 e. The first-order valence-corrected chi connectivity index (χ1v) is 6.77. The third-order valence-corrected chi connectivity index (χ3v) is 3.97. The Morgan fingerprint density at radius 3 is 2.37 bits per heavy atom. The van der Waals surface area contributed by atoms with Gasteiger partial charge in [-0.2, -0.15) is 0 Å². The summed E-state index contributed by atoms with van der Waals surface area (Å²) >= 11 is 0. The molecule has 0 spiro atoms. The van der Waals surface area contributed by atoms with Crippen molar-refractivity contribution in [2.45, 2.75) is 12.8 Å². The molecule has 1 heteroatoms. The summed E-state index contributed by atoms with van der Waals surface area (Å²) in [4.78, 5) is 0. The van der Waals surface area contributed by atoms with Gasteiger partial charge in [-0.05, 0) is 42.2 Å². The van der Waals surface area contributed by atoms with Crippen LogP contribution in [0.25, 0.3) is 16.8 Å². The van der Waals surface area contributed by atoms with Gasteiger partial charge in [-0.15, -0.1) is 0 Å². The molecule has 19 heavy (non-hydrogen) atoms. The Morgan fingerprint density at radius 2 is 1.47 bits per heavy atom. The average Bonchev–Trinajstić information content (AvgIpc) is 2.92. The van der Waals surface area contributed by atoms with Gasteiger partial charge in [0.2, 0.25) is 0 Å². The van der Waals surface area contributed by atoms with Crippen molar-refractivity contribution in [1.82, 2.24) is 4.57 Å². The van der Waals surface area contributed by atoms with E-state index in [0.717, 1.165) is 12.8 Å². The van der Waals surface area contributed by atoms with Crippen molar-refractivity contribution in [3.05, 3.63) is 78.1 Å². The number of rotatable bonds is 1. The number of aromatic nitrogens is 1. The molecule has 2 aromatic carbocycles. The van der Waals surface area contributed by atoms with Gasteiger partial charge in [0.05, 0.1) is 0 Å². The molecule has 3 aromatic rings. The molecule has 0 N–H and O–H groups in total. The monoisotopic (exact) mass is 245 g/mol. The minimum absolute atomic E-state index is 1.12. The zero-order valence-electron chi connectivity index (χ0n) is 10.7. The third-order valence-electron chi connectivity index (χ3n) is 3.97. The van der Waals surface area contributed by atoms with Crippen molar-refractivity contribution < 1.29 is 0 Å². The van der Waals surface area contributed by atoms with Crippen LogP contribution in [0.15, 0.2) is 66.9 Å². The fourth-order valence-corrected chi connectivity index (χ4v) is 3.05. The van der Waals surface area contributed by atoms with Crippen molar-refractivity contribution in [3.63, 3.8) is 0 Å². The number of aryl methyl sites for hydroxylation is 1. The van der Waals surface area contributed by atoms with Crippen LogP contribution < -0.4 is 0 Å². The third kappa shape index (κ3) is 1.62. The van der Waals surface area contributed by atoms with Crippen LogP contribution in [0.4, 0.5) is 0 Å². The molecule has 0 aliphatic heterocycles. The van der Waals surface area contributed by atoms with E-state index in [-0.39, 0.29) is 0 Å². The Labute approximate surface area is 113 Å². The van der Waals surface area contributed by atoms with Crippen LogP contribution in [0.3, 0.4) is 0 Å². The molecule has 0 saturated heterocycles. The maximum Gasteiger partial charge on any atom is 0.0452 e. The average molecular weight is 245 g/mol. The highest BCUT2D eigenvalue weighted by Gasteiger charge is 2.19. The minimum atomic E-state index is 1.12. The van der Waals surface area contributed by atoms with Crippen LogP contribution in [0, 0.1) is 0 Å². The van der Waals surface area contributed by atoms with Gasteiger partial charge in [-0.3, -0.25) is 0 Å². The standard InChI is InChI=1S/C18H15N/c1-2-7-15(8-3-1)19-13-12-17-16-9-5-4-6-14(16)10-11-18(17)19/h1-9,12-13H,10-11H2. The highest BCUT2D eigenvalue weighted by atomic mass is 15.0. The van der Waals surface area contributed by atoms with Crippen LogP contribution in [0.2, 0.25) is 0 Å². The molecule has 1 aliphatic carbocycles. The molecular formula is C18H15N. The maximum atomic E-state index is 2.32. The number of nitrogens with zero attached hydrogens (tertiary/aromatic N) is 1. The molecule has 4 rings (SSSR count). The lowest BCUT2D eigenvalue weighted by molar-refractivity contribution is 0.854. The molecule has 0 amide bonds. The lowest BCUT2D eigenvalue weighted by Crippen LogP contribution is -2.07. The van der Waals surface area contributed by atoms with Gasteiger partial charge in [0, 0.05) is 23.1 Å². The normalized spacial score (nSPS) is 12.8. The predicted octanol–water partition coefficient (Wildman–Crippen LogP) is 4.24. The molecule has 1 aliphatic rings.